The van der Waals surface area contributed by atoms with Gasteiger partial charge in [-0.2, -0.15) is 10.3 Å². The molecular weight excluding hydrogens is 198 g/mol. The van der Waals surface area contributed by atoms with Crippen LogP contribution in [0.4, 0.5) is 0 Å². The molecule has 2 aromatic heterocycles. The molecule has 2 aromatic rings. The highest BCUT2D eigenvalue weighted by atomic mass is 16.4. The molecule has 0 radical (unpaired) electrons. The van der Waals surface area contributed by atoms with E-state index in [1.54, 1.807) is 13.0 Å². The number of aryl methyl sites for hydroxylation is 2. The Morgan fingerprint density at radius 1 is 1.47 bits per heavy atom. The van der Waals surface area contributed by atoms with Crippen molar-refractivity contribution in [3.8, 4) is 11.5 Å². The third kappa shape index (κ3) is 1.50. The third-order valence-electron chi connectivity index (χ3n) is 2.15. The first-order valence-electron chi connectivity index (χ1n) is 4.31. The molecule has 2 N–H and O–H groups in total. The van der Waals surface area contributed by atoms with Crippen LogP contribution in [0, 0.1) is 13.8 Å². The fourth-order valence-electron chi connectivity index (χ4n) is 1.24. The first-order chi connectivity index (χ1) is 7.09. The van der Waals surface area contributed by atoms with E-state index in [9.17, 15) is 4.79 Å². The minimum absolute atomic E-state index is 0.135. The average Bonchev–Trinajstić information content (AvgIpc) is 2.73. The Kier molecular flexibility index (Phi) is 2.03. The Balaban J connectivity index is 2.54. The molecule has 0 amide bonds. The zero-order chi connectivity index (χ0) is 11.0. The number of H-pyrrole nitrogens is 1. The highest BCUT2D eigenvalue weighted by Crippen LogP contribution is 2.24. The molecule has 0 aliphatic carbocycles. The number of carboxylic acid groups (broad SMARTS) is 1. The normalized spacial score (nSPS) is 10.5. The van der Waals surface area contributed by atoms with Crippen molar-refractivity contribution in [2.24, 2.45) is 0 Å². The molecule has 0 atom stereocenters. The number of aromatic carboxylic acids is 1. The summed E-state index contributed by atoms with van der Waals surface area (Å²) in [5.74, 6) is 0.0194. The maximum absolute atomic E-state index is 10.8. The van der Waals surface area contributed by atoms with E-state index in [1.807, 2.05) is 6.92 Å². The number of carboxylic acids is 1. The molecular formula is C9H9N3O3. The summed E-state index contributed by atoms with van der Waals surface area (Å²) in [6.45, 7) is 3.68. The van der Waals surface area contributed by atoms with Crippen LogP contribution in [0.5, 0.6) is 0 Å². The second kappa shape index (κ2) is 3.23. The summed E-state index contributed by atoms with van der Waals surface area (Å²) in [5.41, 5.74) is 1.03. The van der Waals surface area contributed by atoms with Gasteiger partial charge in [-0.15, -0.1) is 5.10 Å². The van der Waals surface area contributed by atoms with E-state index >= 15 is 0 Å². The van der Waals surface area contributed by atoms with E-state index in [-0.39, 0.29) is 11.4 Å². The van der Waals surface area contributed by atoms with Gasteiger partial charge in [0.2, 0.25) is 5.69 Å². The number of furan rings is 1. The number of nitrogens with one attached hydrogen (secondary N) is 1. The molecule has 0 bridgehead atoms. The number of hydrogen-bond acceptors (Lipinski definition) is 4. The second-order valence-corrected chi connectivity index (χ2v) is 3.18. The lowest BCUT2D eigenvalue weighted by Crippen LogP contribution is -1.98. The van der Waals surface area contributed by atoms with Gasteiger partial charge in [0.05, 0.1) is 0 Å². The maximum Gasteiger partial charge on any atom is 0.358 e. The van der Waals surface area contributed by atoms with Gasteiger partial charge in [0.1, 0.15) is 5.76 Å². The van der Waals surface area contributed by atoms with E-state index in [0.29, 0.717) is 5.76 Å². The summed E-state index contributed by atoms with van der Waals surface area (Å²) in [6.07, 6.45) is 0. The highest BCUT2D eigenvalue weighted by molar-refractivity contribution is 5.91. The van der Waals surface area contributed by atoms with E-state index in [2.05, 4.69) is 15.4 Å². The lowest BCUT2D eigenvalue weighted by Gasteiger charge is -1.90. The number of aromatic nitrogens is 3. The van der Waals surface area contributed by atoms with Crippen LogP contribution in [-0.4, -0.2) is 26.5 Å². The first-order valence-corrected chi connectivity index (χ1v) is 4.31. The van der Waals surface area contributed by atoms with Crippen molar-refractivity contribution in [1.29, 1.82) is 0 Å². The van der Waals surface area contributed by atoms with Crippen LogP contribution in [-0.2, 0) is 0 Å². The van der Waals surface area contributed by atoms with Crippen LogP contribution in [0.15, 0.2) is 10.5 Å². The predicted octanol–water partition coefficient (Wildman–Crippen LogP) is 1.38. The zero-order valence-corrected chi connectivity index (χ0v) is 8.24. The topological polar surface area (TPSA) is 92.0 Å². The summed E-state index contributed by atoms with van der Waals surface area (Å²) in [6, 6.07) is 1.74. The third-order valence-corrected chi connectivity index (χ3v) is 2.15. The molecule has 0 spiro atoms. The van der Waals surface area contributed by atoms with Crippen molar-refractivity contribution in [3.05, 3.63) is 23.1 Å². The lowest BCUT2D eigenvalue weighted by atomic mass is 10.2. The van der Waals surface area contributed by atoms with Gasteiger partial charge >= 0.3 is 5.97 Å². The molecule has 2 rings (SSSR count). The molecule has 6 nitrogen and oxygen atoms in total. The minimum atomic E-state index is -1.13. The predicted molar refractivity (Wildman–Crippen MR) is 50.5 cm³/mol. The van der Waals surface area contributed by atoms with E-state index in [0.717, 1.165) is 11.3 Å². The van der Waals surface area contributed by atoms with Crippen LogP contribution < -0.4 is 0 Å². The van der Waals surface area contributed by atoms with Crippen molar-refractivity contribution < 1.29 is 14.3 Å². The van der Waals surface area contributed by atoms with Gasteiger partial charge in [-0.05, 0) is 25.5 Å². The quantitative estimate of drug-likeness (QED) is 0.776. The van der Waals surface area contributed by atoms with Crippen LogP contribution in [0.25, 0.3) is 11.5 Å². The molecule has 78 valence electrons. The number of carbonyl (C=O) groups is 1. The van der Waals surface area contributed by atoms with Crippen LogP contribution in [0.3, 0.4) is 0 Å². The largest absolute Gasteiger partial charge is 0.476 e. The molecule has 0 aliphatic heterocycles. The van der Waals surface area contributed by atoms with Gasteiger partial charge in [0.15, 0.2) is 11.5 Å². The Bertz CT molecular complexity index is 493. The smallest absolute Gasteiger partial charge is 0.358 e. The van der Waals surface area contributed by atoms with E-state index in [1.165, 1.54) is 0 Å². The molecule has 0 unspecified atom stereocenters. The van der Waals surface area contributed by atoms with Crippen molar-refractivity contribution in [1.82, 2.24) is 15.4 Å². The Hall–Kier alpha value is -2.11. The maximum atomic E-state index is 10.8. The van der Waals surface area contributed by atoms with E-state index in [4.69, 9.17) is 9.52 Å². The molecule has 2 heterocycles. The molecule has 0 saturated heterocycles. The minimum Gasteiger partial charge on any atom is -0.476 e. The van der Waals surface area contributed by atoms with Gasteiger partial charge in [-0.3, -0.25) is 0 Å². The van der Waals surface area contributed by atoms with Gasteiger partial charge in [0, 0.05) is 0 Å². The van der Waals surface area contributed by atoms with Gasteiger partial charge in [-0.25, -0.2) is 4.79 Å². The Morgan fingerprint density at radius 2 is 2.20 bits per heavy atom. The number of aromatic amines is 1. The SMILES string of the molecule is Cc1cc(-c2n[nH]nc2C(=O)O)oc1C. The van der Waals surface area contributed by atoms with Gasteiger partial charge < -0.3 is 9.52 Å². The van der Waals surface area contributed by atoms with Crippen molar-refractivity contribution in [3.63, 3.8) is 0 Å². The van der Waals surface area contributed by atoms with Crippen molar-refractivity contribution in [2.75, 3.05) is 0 Å². The molecule has 0 aliphatic rings. The van der Waals surface area contributed by atoms with Crippen LogP contribution in [0.1, 0.15) is 21.8 Å². The molecule has 0 fully saturated rings. The molecule has 15 heavy (non-hydrogen) atoms. The van der Waals surface area contributed by atoms with Crippen LogP contribution in [0.2, 0.25) is 0 Å². The number of rotatable bonds is 2. The molecule has 0 aromatic carbocycles. The monoisotopic (exact) mass is 207 g/mol. The lowest BCUT2D eigenvalue weighted by molar-refractivity contribution is 0.0691. The van der Waals surface area contributed by atoms with Gasteiger partial charge in [0.25, 0.3) is 0 Å². The standard InChI is InChI=1S/C9H9N3O3/c1-4-3-6(15-5(4)2)7-8(9(13)14)11-12-10-7/h3H,1-2H3,(H,13,14)(H,10,11,12). The fourth-order valence-corrected chi connectivity index (χ4v) is 1.24. The summed E-state index contributed by atoms with van der Waals surface area (Å²) in [7, 11) is 0. The summed E-state index contributed by atoms with van der Waals surface area (Å²) in [5, 5.41) is 18.4. The average molecular weight is 207 g/mol. The number of nitrogens with zero attached hydrogens (tertiary/aromatic N) is 2. The van der Waals surface area contributed by atoms with E-state index < -0.39 is 5.97 Å². The first kappa shape index (κ1) is 9.45. The Morgan fingerprint density at radius 3 is 2.73 bits per heavy atom. The Labute approximate surface area is 84.9 Å². The summed E-state index contributed by atoms with van der Waals surface area (Å²) in [4.78, 5) is 10.8. The van der Waals surface area contributed by atoms with Gasteiger partial charge in [-0.1, -0.05) is 0 Å². The summed E-state index contributed by atoms with van der Waals surface area (Å²) >= 11 is 0. The fraction of sp³-hybridized carbons (Fsp3) is 0.222. The molecule has 6 heteroatoms. The van der Waals surface area contributed by atoms with Crippen LogP contribution >= 0.6 is 0 Å². The zero-order valence-electron chi connectivity index (χ0n) is 8.24. The number of hydrogen-bond donors (Lipinski definition) is 2. The van der Waals surface area contributed by atoms with Crippen molar-refractivity contribution in [2.45, 2.75) is 13.8 Å². The molecule has 0 saturated carbocycles. The van der Waals surface area contributed by atoms with Crippen molar-refractivity contribution >= 4 is 5.97 Å². The second-order valence-electron chi connectivity index (χ2n) is 3.18. The summed E-state index contributed by atoms with van der Waals surface area (Å²) < 4.78 is 5.36. The highest BCUT2D eigenvalue weighted by Gasteiger charge is 2.19.